The van der Waals surface area contributed by atoms with E-state index in [0.29, 0.717) is 42.5 Å². The van der Waals surface area contributed by atoms with Crippen molar-refractivity contribution in [3.05, 3.63) is 59.4 Å². The molecule has 138 valence electrons. The summed E-state index contributed by atoms with van der Waals surface area (Å²) in [4.78, 5) is 4.57. The average Bonchev–Trinajstić information content (AvgIpc) is 2.90. The fraction of sp³-hybridized carbons (Fsp3) is 0.286. The lowest BCUT2D eigenvalue weighted by Crippen LogP contribution is -2.26. The number of aromatic nitrogens is 2. The van der Waals surface area contributed by atoms with Gasteiger partial charge in [-0.1, -0.05) is 6.92 Å². The van der Waals surface area contributed by atoms with Crippen molar-refractivity contribution >= 4 is 27.3 Å². The lowest BCUT2D eigenvalue weighted by atomic mass is 9.86. The number of hydrogen-bond acceptors (Lipinski definition) is 3. The van der Waals surface area contributed by atoms with Gasteiger partial charge in [0.1, 0.15) is 0 Å². The summed E-state index contributed by atoms with van der Waals surface area (Å²) in [5, 5.41) is 12.5. The highest BCUT2D eigenvalue weighted by Gasteiger charge is 2.32. The first-order valence-corrected chi connectivity index (χ1v) is 9.02. The van der Waals surface area contributed by atoms with Crippen molar-refractivity contribution in [1.29, 1.82) is 0 Å². The van der Waals surface area contributed by atoms with Crippen LogP contribution in [-0.4, -0.2) is 21.1 Å². The van der Waals surface area contributed by atoms with E-state index in [9.17, 15) is 13.9 Å². The molecule has 6 heteroatoms. The van der Waals surface area contributed by atoms with Crippen LogP contribution in [0.2, 0.25) is 0 Å². The quantitative estimate of drug-likeness (QED) is 0.540. The van der Waals surface area contributed by atoms with Gasteiger partial charge in [0.25, 0.3) is 0 Å². The van der Waals surface area contributed by atoms with Gasteiger partial charge in [0, 0.05) is 41.2 Å². The summed E-state index contributed by atoms with van der Waals surface area (Å²) < 4.78 is 34.8. The van der Waals surface area contributed by atoms with E-state index in [0.717, 1.165) is 34.2 Å². The number of halogens is 2. The van der Waals surface area contributed by atoms with Crippen LogP contribution in [0.1, 0.15) is 30.9 Å². The second-order valence-electron chi connectivity index (χ2n) is 7.21. The van der Waals surface area contributed by atoms with Crippen LogP contribution in [0.5, 0.6) is 0 Å². The summed E-state index contributed by atoms with van der Waals surface area (Å²) in [6.45, 7) is 2.90. The van der Waals surface area contributed by atoms with Crippen LogP contribution in [0.25, 0.3) is 27.3 Å². The molecule has 4 heterocycles. The van der Waals surface area contributed by atoms with Gasteiger partial charge in [-0.25, -0.2) is 13.8 Å². The van der Waals surface area contributed by atoms with Crippen molar-refractivity contribution in [3.63, 3.8) is 0 Å². The molecule has 4 nitrogen and oxygen atoms in total. The van der Waals surface area contributed by atoms with Gasteiger partial charge < -0.3 is 14.2 Å². The van der Waals surface area contributed by atoms with Gasteiger partial charge >= 0.3 is 0 Å². The molecule has 1 unspecified atom stereocenters. The molecule has 0 fully saturated rings. The minimum Gasteiger partial charge on any atom is -0.385 e. The summed E-state index contributed by atoms with van der Waals surface area (Å²) in [7, 11) is 0. The van der Waals surface area contributed by atoms with E-state index in [-0.39, 0.29) is 0 Å². The van der Waals surface area contributed by atoms with E-state index in [4.69, 9.17) is 4.74 Å². The van der Waals surface area contributed by atoms with E-state index in [2.05, 4.69) is 4.98 Å². The minimum atomic E-state index is -0.948. The third kappa shape index (κ3) is 2.44. The molecular weight excluding hydrogens is 350 g/mol. The first-order valence-electron chi connectivity index (χ1n) is 9.02. The second-order valence-corrected chi connectivity index (χ2v) is 7.21. The summed E-state index contributed by atoms with van der Waals surface area (Å²) in [5.41, 5.74) is 2.76. The van der Waals surface area contributed by atoms with Crippen molar-refractivity contribution in [2.75, 3.05) is 6.61 Å². The van der Waals surface area contributed by atoms with E-state index in [1.807, 2.05) is 29.8 Å². The zero-order valence-corrected chi connectivity index (χ0v) is 14.8. The number of rotatable bonds is 1. The Bertz CT molecular complexity index is 1220. The number of nitrogens with zero attached hydrogens (tertiary/aromatic N) is 2. The van der Waals surface area contributed by atoms with Crippen molar-refractivity contribution in [2.45, 2.75) is 32.0 Å². The molecule has 5 rings (SSSR count). The fourth-order valence-corrected chi connectivity index (χ4v) is 4.02. The lowest BCUT2D eigenvalue weighted by molar-refractivity contribution is 0.00232. The Morgan fingerprint density at radius 1 is 1.15 bits per heavy atom. The molecule has 0 saturated carbocycles. The number of ether oxygens (including phenoxy) is 1. The summed E-state index contributed by atoms with van der Waals surface area (Å²) in [6.07, 6.45) is 4.98. The van der Waals surface area contributed by atoms with E-state index >= 15 is 0 Å². The van der Waals surface area contributed by atoms with E-state index < -0.39 is 17.2 Å². The predicted octanol–water partition coefficient (Wildman–Crippen LogP) is 4.44. The largest absolute Gasteiger partial charge is 0.385 e. The predicted molar refractivity (Wildman–Crippen MR) is 98.6 cm³/mol. The SMILES string of the molecule is CCC1(O)CCOCc2cn3cc4cc5cc(F)c(F)cc5nc4c3cc21. The monoisotopic (exact) mass is 368 g/mol. The zero-order valence-electron chi connectivity index (χ0n) is 14.8. The van der Waals surface area contributed by atoms with Gasteiger partial charge in [-0.05, 0) is 30.2 Å². The summed E-state index contributed by atoms with van der Waals surface area (Å²) >= 11 is 0. The summed E-state index contributed by atoms with van der Waals surface area (Å²) in [5.74, 6) is -1.80. The molecule has 1 N–H and O–H groups in total. The van der Waals surface area contributed by atoms with Crippen LogP contribution in [-0.2, 0) is 16.9 Å². The molecule has 0 amide bonds. The van der Waals surface area contributed by atoms with Crippen LogP contribution < -0.4 is 0 Å². The van der Waals surface area contributed by atoms with Crippen LogP contribution in [0.4, 0.5) is 8.78 Å². The van der Waals surface area contributed by atoms with Gasteiger partial charge in [0.15, 0.2) is 11.6 Å². The van der Waals surface area contributed by atoms with Crippen molar-refractivity contribution in [1.82, 2.24) is 9.38 Å². The Morgan fingerprint density at radius 3 is 2.78 bits per heavy atom. The molecule has 1 aliphatic rings. The molecule has 1 aliphatic heterocycles. The topological polar surface area (TPSA) is 46.8 Å². The van der Waals surface area contributed by atoms with Gasteiger partial charge in [0.2, 0.25) is 0 Å². The number of hydrogen-bond donors (Lipinski definition) is 1. The molecule has 0 spiro atoms. The molecule has 3 aromatic heterocycles. The third-order valence-corrected chi connectivity index (χ3v) is 5.61. The van der Waals surface area contributed by atoms with Crippen molar-refractivity contribution < 1.29 is 18.6 Å². The molecule has 27 heavy (non-hydrogen) atoms. The first kappa shape index (κ1) is 16.6. The van der Waals surface area contributed by atoms with Crippen LogP contribution in [0.15, 0.2) is 36.7 Å². The highest BCUT2D eigenvalue weighted by Crippen LogP contribution is 2.37. The van der Waals surface area contributed by atoms with Crippen molar-refractivity contribution in [3.8, 4) is 0 Å². The lowest BCUT2D eigenvalue weighted by Gasteiger charge is -2.27. The number of fused-ring (bicyclic) bond motifs is 5. The Morgan fingerprint density at radius 2 is 1.96 bits per heavy atom. The maximum Gasteiger partial charge on any atom is 0.161 e. The van der Waals surface area contributed by atoms with E-state index in [1.165, 1.54) is 0 Å². The highest BCUT2D eigenvalue weighted by atomic mass is 19.2. The minimum absolute atomic E-state index is 0.401. The smallest absolute Gasteiger partial charge is 0.161 e. The molecule has 0 aliphatic carbocycles. The highest BCUT2D eigenvalue weighted by molar-refractivity contribution is 6.01. The molecule has 0 saturated heterocycles. The molecule has 1 aromatic carbocycles. The van der Waals surface area contributed by atoms with Gasteiger partial charge in [0.05, 0.1) is 35.4 Å². The number of benzene rings is 1. The third-order valence-electron chi connectivity index (χ3n) is 5.61. The maximum atomic E-state index is 13.6. The van der Waals surface area contributed by atoms with Gasteiger partial charge in [-0.15, -0.1) is 0 Å². The normalized spacial score (nSPS) is 20.3. The fourth-order valence-electron chi connectivity index (χ4n) is 4.02. The number of pyridine rings is 2. The molecule has 0 radical (unpaired) electrons. The number of aliphatic hydroxyl groups is 1. The zero-order chi connectivity index (χ0) is 18.8. The molecule has 1 atom stereocenters. The van der Waals surface area contributed by atoms with Crippen LogP contribution in [0.3, 0.4) is 0 Å². The maximum absolute atomic E-state index is 13.6. The van der Waals surface area contributed by atoms with Gasteiger partial charge in [-0.3, -0.25) is 0 Å². The Hall–Kier alpha value is -2.57. The standard InChI is InChI=1S/C21H18F2N2O2/c1-2-21(26)3-4-27-11-14-10-25-9-13-5-12-6-16(22)17(23)8-18(12)24-20(13)19(25)7-15(14)21/h5-10,26H,2-4,11H2,1H3. The Labute approximate surface area is 154 Å². The first-order chi connectivity index (χ1) is 13.0. The second kappa shape index (κ2) is 5.71. The average molecular weight is 368 g/mol. The Balaban J connectivity index is 1.84. The Kier molecular flexibility index (Phi) is 3.51. The van der Waals surface area contributed by atoms with Crippen LogP contribution >= 0.6 is 0 Å². The van der Waals surface area contributed by atoms with Gasteiger partial charge in [-0.2, -0.15) is 0 Å². The summed E-state index contributed by atoms with van der Waals surface area (Å²) in [6, 6.07) is 6.04. The van der Waals surface area contributed by atoms with E-state index in [1.54, 1.807) is 6.07 Å². The molecular formula is C21H18F2N2O2. The molecule has 0 bridgehead atoms. The molecule has 4 aromatic rings. The van der Waals surface area contributed by atoms with Crippen LogP contribution in [0, 0.1) is 11.6 Å². The van der Waals surface area contributed by atoms with Crippen molar-refractivity contribution in [2.24, 2.45) is 0 Å².